The minimum absolute atomic E-state index is 0.131. The summed E-state index contributed by atoms with van der Waals surface area (Å²) in [5, 5.41) is 0. The molecular weight excluding hydrogens is 193 g/mol. The Bertz CT molecular complexity index is 353. The number of benzene rings is 1. The van der Waals surface area contributed by atoms with Crippen LogP contribution in [0, 0.1) is 12.7 Å². The summed E-state index contributed by atoms with van der Waals surface area (Å²) < 4.78 is 18.6. The lowest BCUT2D eigenvalue weighted by molar-refractivity contribution is 0.121. The third-order valence-electron chi connectivity index (χ3n) is 3.00. The molecule has 1 aromatic carbocycles. The van der Waals surface area contributed by atoms with Gasteiger partial charge in [-0.3, -0.25) is 0 Å². The summed E-state index contributed by atoms with van der Waals surface area (Å²) in [6, 6.07) is 5.40. The van der Waals surface area contributed by atoms with Gasteiger partial charge in [-0.05, 0) is 31.0 Å². The maximum atomic E-state index is 13.4. The quantitative estimate of drug-likeness (QED) is 0.741. The van der Waals surface area contributed by atoms with Crippen molar-refractivity contribution in [2.75, 3.05) is 25.1 Å². The van der Waals surface area contributed by atoms with Gasteiger partial charge in [0.25, 0.3) is 0 Å². The van der Waals surface area contributed by atoms with Crippen molar-refractivity contribution in [3.8, 4) is 0 Å². The van der Waals surface area contributed by atoms with Crippen LogP contribution in [-0.4, -0.2) is 26.3 Å². The van der Waals surface area contributed by atoms with Crippen LogP contribution in [-0.2, 0) is 4.74 Å². The summed E-state index contributed by atoms with van der Waals surface area (Å²) in [6.45, 7) is 3.58. The Balaban J connectivity index is 2.13. The van der Waals surface area contributed by atoms with E-state index in [-0.39, 0.29) is 11.9 Å². The SMILES string of the molecule is COC1CCN(c2ccc(C)c(F)c2)C1. The number of anilines is 1. The Kier molecular flexibility index (Phi) is 2.91. The second-order valence-corrected chi connectivity index (χ2v) is 4.03. The Morgan fingerprint density at radius 1 is 1.47 bits per heavy atom. The maximum Gasteiger partial charge on any atom is 0.128 e. The number of hydrogen-bond donors (Lipinski definition) is 0. The van der Waals surface area contributed by atoms with E-state index in [0.29, 0.717) is 5.56 Å². The van der Waals surface area contributed by atoms with Crippen molar-refractivity contribution in [1.82, 2.24) is 0 Å². The summed E-state index contributed by atoms with van der Waals surface area (Å²) in [7, 11) is 1.73. The molecule has 0 bridgehead atoms. The van der Waals surface area contributed by atoms with Gasteiger partial charge in [-0.2, -0.15) is 0 Å². The van der Waals surface area contributed by atoms with Crippen LogP contribution in [0.25, 0.3) is 0 Å². The Morgan fingerprint density at radius 3 is 2.87 bits per heavy atom. The predicted octanol–water partition coefficient (Wildman–Crippen LogP) is 2.36. The highest BCUT2D eigenvalue weighted by atomic mass is 19.1. The Hall–Kier alpha value is -1.09. The summed E-state index contributed by atoms with van der Waals surface area (Å²) >= 11 is 0. The highest BCUT2D eigenvalue weighted by molar-refractivity contribution is 5.49. The molecule has 1 fully saturated rings. The van der Waals surface area contributed by atoms with Gasteiger partial charge in [-0.15, -0.1) is 0 Å². The molecule has 0 N–H and O–H groups in total. The number of hydrogen-bond acceptors (Lipinski definition) is 2. The van der Waals surface area contributed by atoms with Gasteiger partial charge in [0.05, 0.1) is 6.10 Å². The van der Waals surface area contributed by atoms with E-state index in [0.717, 1.165) is 25.2 Å². The fourth-order valence-corrected chi connectivity index (χ4v) is 1.93. The first-order valence-corrected chi connectivity index (χ1v) is 5.24. The summed E-state index contributed by atoms with van der Waals surface area (Å²) in [6.07, 6.45) is 1.31. The zero-order valence-corrected chi connectivity index (χ0v) is 9.16. The first-order chi connectivity index (χ1) is 7.20. The topological polar surface area (TPSA) is 12.5 Å². The van der Waals surface area contributed by atoms with E-state index in [1.165, 1.54) is 0 Å². The van der Waals surface area contributed by atoms with E-state index in [4.69, 9.17) is 4.74 Å². The first kappa shape index (κ1) is 10.4. The van der Waals surface area contributed by atoms with E-state index in [9.17, 15) is 4.39 Å². The summed E-state index contributed by atoms with van der Waals surface area (Å²) in [5.74, 6) is -0.131. The van der Waals surface area contributed by atoms with Crippen LogP contribution < -0.4 is 4.90 Å². The van der Waals surface area contributed by atoms with Gasteiger partial charge in [0, 0.05) is 25.9 Å². The standard InChI is InChI=1S/C12H16FNO/c1-9-3-4-10(7-12(9)13)14-6-5-11(8-14)15-2/h3-4,7,11H,5-6,8H2,1-2H3. The molecule has 1 saturated heterocycles. The highest BCUT2D eigenvalue weighted by Gasteiger charge is 2.22. The van der Waals surface area contributed by atoms with Crippen molar-refractivity contribution in [2.24, 2.45) is 0 Å². The van der Waals surface area contributed by atoms with Gasteiger partial charge in [0.2, 0.25) is 0 Å². The molecule has 0 radical (unpaired) electrons. The normalized spacial score (nSPS) is 21.0. The van der Waals surface area contributed by atoms with Gasteiger partial charge in [0.1, 0.15) is 5.82 Å². The zero-order chi connectivity index (χ0) is 10.8. The minimum Gasteiger partial charge on any atom is -0.380 e. The molecule has 1 aromatic rings. The molecular formula is C12H16FNO. The largest absolute Gasteiger partial charge is 0.380 e. The number of methoxy groups -OCH3 is 1. The maximum absolute atomic E-state index is 13.4. The lowest BCUT2D eigenvalue weighted by atomic mass is 10.2. The highest BCUT2D eigenvalue weighted by Crippen LogP contribution is 2.23. The van der Waals surface area contributed by atoms with Gasteiger partial charge >= 0.3 is 0 Å². The monoisotopic (exact) mass is 209 g/mol. The minimum atomic E-state index is -0.131. The molecule has 3 heteroatoms. The van der Waals surface area contributed by atoms with Crippen molar-refractivity contribution in [3.05, 3.63) is 29.6 Å². The molecule has 82 valence electrons. The molecule has 2 rings (SSSR count). The molecule has 2 nitrogen and oxygen atoms in total. The zero-order valence-electron chi connectivity index (χ0n) is 9.16. The second kappa shape index (κ2) is 4.19. The lowest BCUT2D eigenvalue weighted by Gasteiger charge is -2.18. The van der Waals surface area contributed by atoms with Crippen LogP contribution >= 0.6 is 0 Å². The second-order valence-electron chi connectivity index (χ2n) is 4.03. The molecule has 1 heterocycles. The van der Waals surface area contributed by atoms with Crippen molar-refractivity contribution >= 4 is 5.69 Å². The average molecular weight is 209 g/mol. The van der Waals surface area contributed by atoms with Gasteiger partial charge in [-0.1, -0.05) is 6.07 Å². The van der Waals surface area contributed by atoms with Crippen LogP contribution in [0.2, 0.25) is 0 Å². The molecule has 1 unspecified atom stereocenters. The van der Waals surface area contributed by atoms with Gasteiger partial charge < -0.3 is 9.64 Å². The van der Waals surface area contributed by atoms with Gasteiger partial charge in [0.15, 0.2) is 0 Å². The smallest absolute Gasteiger partial charge is 0.128 e. The van der Waals surface area contributed by atoms with Crippen LogP contribution in [0.4, 0.5) is 10.1 Å². The fourth-order valence-electron chi connectivity index (χ4n) is 1.93. The van der Waals surface area contributed by atoms with E-state index in [1.807, 2.05) is 12.1 Å². The Morgan fingerprint density at radius 2 is 2.27 bits per heavy atom. The predicted molar refractivity (Wildman–Crippen MR) is 58.8 cm³/mol. The summed E-state index contributed by atoms with van der Waals surface area (Å²) in [5.41, 5.74) is 1.65. The molecule has 1 atom stereocenters. The van der Waals surface area contributed by atoms with E-state index < -0.39 is 0 Å². The summed E-state index contributed by atoms with van der Waals surface area (Å²) in [4.78, 5) is 2.16. The van der Waals surface area contributed by atoms with Crippen molar-refractivity contribution in [2.45, 2.75) is 19.4 Å². The Labute approximate surface area is 89.7 Å². The molecule has 0 saturated carbocycles. The van der Waals surface area contributed by atoms with Crippen molar-refractivity contribution in [3.63, 3.8) is 0 Å². The number of aryl methyl sites for hydroxylation is 1. The van der Waals surface area contributed by atoms with Crippen LogP contribution in [0.5, 0.6) is 0 Å². The number of rotatable bonds is 2. The molecule has 0 spiro atoms. The van der Waals surface area contributed by atoms with E-state index >= 15 is 0 Å². The lowest BCUT2D eigenvalue weighted by Crippen LogP contribution is -2.22. The number of halogens is 1. The molecule has 0 aliphatic carbocycles. The van der Waals surface area contributed by atoms with Crippen LogP contribution in [0.3, 0.4) is 0 Å². The van der Waals surface area contributed by atoms with Crippen LogP contribution in [0.15, 0.2) is 18.2 Å². The molecule has 1 aliphatic rings. The van der Waals surface area contributed by atoms with Gasteiger partial charge in [-0.25, -0.2) is 4.39 Å². The van der Waals surface area contributed by atoms with Crippen LogP contribution in [0.1, 0.15) is 12.0 Å². The third-order valence-corrected chi connectivity index (χ3v) is 3.00. The van der Waals surface area contributed by atoms with Crippen molar-refractivity contribution in [1.29, 1.82) is 0 Å². The average Bonchev–Trinajstić information content (AvgIpc) is 2.70. The third kappa shape index (κ3) is 2.12. The molecule has 15 heavy (non-hydrogen) atoms. The van der Waals surface area contributed by atoms with E-state index in [1.54, 1.807) is 20.1 Å². The number of nitrogens with zero attached hydrogens (tertiary/aromatic N) is 1. The first-order valence-electron chi connectivity index (χ1n) is 5.24. The van der Waals surface area contributed by atoms with Crippen molar-refractivity contribution < 1.29 is 9.13 Å². The van der Waals surface area contributed by atoms with E-state index in [2.05, 4.69) is 4.90 Å². The molecule has 0 amide bonds. The number of ether oxygens (including phenoxy) is 1. The molecule has 1 aliphatic heterocycles. The molecule has 0 aromatic heterocycles. The fraction of sp³-hybridized carbons (Fsp3) is 0.500.